The Hall–Kier alpha value is -1.81. The first-order valence-corrected chi connectivity index (χ1v) is 6.50. The molecule has 19 heavy (non-hydrogen) atoms. The van der Waals surface area contributed by atoms with Crippen molar-refractivity contribution in [3.8, 4) is 5.75 Å². The smallest absolute Gasteiger partial charge is 0.234 e. The van der Waals surface area contributed by atoms with Crippen molar-refractivity contribution in [3.63, 3.8) is 0 Å². The third-order valence-electron chi connectivity index (χ3n) is 3.40. The topological polar surface area (TPSA) is 41.6 Å². The van der Waals surface area contributed by atoms with E-state index in [4.69, 9.17) is 4.74 Å². The third kappa shape index (κ3) is 3.35. The van der Waals surface area contributed by atoms with Gasteiger partial charge in [-0.1, -0.05) is 18.2 Å². The van der Waals surface area contributed by atoms with Gasteiger partial charge in [-0.05, 0) is 24.1 Å². The van der Waals surface area contributed by atoms with Crippen LogP contribution in [0.25, 0.3) is 0 Å². The van der Waals surface area contributed by atoms with E-state index in [9.17, 15) is 4.79 Å². The van der Waals surface area contributed by atoms with Gasteiger partial charge in [0.25, 0.3) is 0 Å². The molecule has 1 aliphatic rings. The molecule has 0 spiro atoms. The number of hydrogen-bond donors (Lipinski definition) is 1. The van der Waals surface area contributed by atoms with Crippen LogP contribution in [0.3, 0.4) is 0 Å². The second kappa shape index (κ2) is 6.38. The quantitative estimate of drug-likeness (QED) is 0.792. The zero-order valence-electron chi connectivity index (χ0n) is 11.3. The van der Waals surface area contributed by atoms with Gasteiger partial charge in [0.05, 0.1) is 13.7 Å². The van der Waals surface area contributed by atoms with E-state index in [1.54, 1.807) is 13.2 Å². The number of nitrogens with one attached hydrogen (secondary N) is 1. The van der Waals surface area contributed by atoms with Crippen molar-refractivity contribution in [2.75, 3.05) is 26.7 Å². The van der Waals surface area contributed by atoms with Crippen LogP contribution in [0.4, 0.5) is 0 Å². The Morgan fingerprint density at radius 1 is 1.63 bits per heavy atom. The van der Waals surface area contributed by atoms with Crippen LogP contribution < -0.4 is 10.1 Å². The third-order valence-corrected chi connectivity index (χ3v) is 3.40. The molecule has 0 aliphatic carbocycles. The number of ether oxygens (including phenoxy) is 1. The highest BCUT2D eigenvalue weighted by molar-refractivity contribution is 5.78. The van der Waals surface area contributed by atoms with E-state index in [-0.39, 0.29) is 5.91 Å². The van der Waals surface area contributed by atoms with Gasteiger partial charge in [-0.3, -0.25) is 9.69 Å². The molecular formula is C15H20N2O2. The Morgan fingerprint density at radius 2 is 2.47 bits per heavy atom. The van der Waals surface area contributed by atoms with Crippen LogP contribution in [-0.4, -0.2) is 37.6 Å². The molecule has 4 heteroatoms. The Morgan fingerprint density at radius 3 is 3.11 bits per heavy atom. The average Bonchev–Trinajstić information content (AvgIpc) is 2.41. The number of benzene rings is 1. The Kier molecular flexibility index (Phi) is 4.58. The molecule has 1 saturated heterocycles. The fraction of sp³-hybridized carbons (Fsp3) is 0.400. The lowest BCUT2D eigenvalue weighted by molar-refractivity contribution is -0.124. The summed E-state index contributed by atoms with van der Waals surface area (Å²) in [5, 5.41) is 2.80. The van der Waals surface area contributed by atoms with Gasteiger partial charge in [0.15, 0.2) is 0 Å². The van der Waals surface area contributed by atoms with Crippen molar-refractivity contribution in [1.82, 2.24) is 10.2 Å². The highest BCUT2D eigenvalue weighted by Gasteiger charge is 2.30. The monoisotopic (exact) mass is 260 g/mol. The molecule has 1 heterocycles. The Labute approximate surface area is 114 Å². The maximum absolute atomic E-state index is 11.7. The molecule has 1 atom stereocenters. The van der Waals surface area contributed by atoms with Crippen molar-refractivity contribution < 1.29 is 9.53 Å². The minimum Gasteiger partial charge on any atom is -0.497 e. The number of methoxy groups -OCH3 is 1. The van der Waals surface area contributed by atoms with E-state index >= 15 is 0 Å². The van der Waals surface area contributed by atoms with Crippen LogP contribution in [0.15, 0.2) is 36.9 Å². The Bertz CT molecular complexity index is 459. The van der Waals surface area contributed by atoms with Gasteiger partial charge >= 0.3 is 0 Å². The van der Waals surface area contributed by atoms with Crippen molar-refractivity contribution in [2.45, 2.75) is 12.5 Å². The van der Waals surface area contributed by atoms with Gasteiger partial charge in [-0.2, -0.15) is 0 Å². The molecule has 1 aromatic rings. The standard InChI is InChI=1S/C15H20N2O2/c1-3-8-16-15(18)11-17-9-7-14(17)12-5-4-6-13(10-12)19-2/h3-6,10,14H,1,7-9,11H2,2H3,(H,16,18)/t14-/m0/s1. The van der Waals surface area contributed by atoms with Crippen LogP contribution in [0.1, 0.15) is 18.0 Å². The number of carbonyl (C=O) groups is 1. The summed E-state index contributed by atoms with van der Waals surface area (Å²) in [6.07, 6.45) is 2.77. The van der Waals surface area contributed by atoms with Crippen LogP contribution in [0.5, 0.6) is 5.75 Å². The fourth-order valence-electron chi connectivity index (χ4n) is 2.28. The van der Waals surface area contributed by atoms with Crippen molar-refractivity contribution in [3.05, 3.63) is 42.5 Å². The predicted molar refractivity (Wildman–Crippen MR) is 75.1 cm³/mol. The number of carbonyl (C=O) groups excluding carboxylic acids is 1. The molecule has 1 aliphatic heterocycles. The second-order valence-corrected chi connectivity index (χ2v) is 4.64. The summed E-state index contributed by atoms with van der Waals surface area (Å²) in [7, 11) is 1.67. The highest BCUT2D eigenvalue weighted by atomic mass is 16.5. The highest BCUT2D eigenvalue weighted by Crippen LogP contribution is 2.34. The maximum atomic E-state index is 11.7. The predicted octanol–water partition coefficient (Wildman–Crippen LogP) is 1.74. The summed E-state index contributed by atoms with van der Waals surface area (Å²) in [5.41, 5.74) is 1.21. The zero-order chi connectivity index (χ0) is 13.7. The summed E-state index contributed by atoms with van der Waals surface area (Å²) >= 11 is 0. The van der Waals surface area contributed by atoms with E-state index in [0.717, 1.165) is 18.7 Å². The van der Waals surface area contributed by atoms with E-state index in [2.05, 4.69) is 22.9 Å². The SMILES string of the molecule is C=CCNC(=O)CN1CC[C@H]1c1cccc(OC)c1. The van der Waals surface area contributed by atoms with Gasteiger partial charge < -0.3 is 10.1 Å². The number of nitrogens with zero attached hydrogens (tertiary/aromatic N) is 1. The van der Waals surface area contributed by atoms with Crippen LogP contribution in [0, 0.1) is 0 Å². The first-order chi connectivity index (χ1) is 9.24. The summed E-state index contributed by atoms with van der Waals surface area (Å²) in [4.78, 5) is 13.9. The minimum absolute atomic E-state index is 0.0486. The van der Waals surface area contributed by atoms with Crippen molar-refractivity contribution >= 4 is 5.91 Å². The largest absolute Gasteiger partial charge is 0.497 e. The lowest BCUT2D eigenvalue weighted by Gasteiger charge is -2.40. The van der Waals surface area contributed by atoms with E-state index < -0.39 is 0 Å². The lowest BCUT2D eigenvalue weighted by atomic mass is 9.94. The molecule has 4 nitrogen and oxygen atoms in total. The molecule has 1 fully saturated rings. The molecule has 102 valence electrons. The molecule has 0 radical (unpaired) electrons. The van der Waals surface area contributed by atoms with Crippen LogP contribution in [0.2, 0.25) is 0 Å². The van der Waals surface area contributed by atoms with Gasteiger partial charge in [0.2, 0.25) is 5.91 Å². The summed E-state index contributed by atoms with van der Waals surface area (Å²) in [6, 6.07) is 8.37. The number of likely N-dealkylation sites (tertiary alicyclic amines) is 1. The first-order valence-electron chi connectivity index (χ1n) is 6.50. The summed E-state index contributed by atoms with van der Waals surface area (Å²) in [6.45, 7) is 5.51. The number of hydrogen-bond acceptors (Lipinski definition) is 3. The molecule has 0 saturated carbocycles. The van der Waals surface area contributed by atoms with Crippen LogP contribution >= 0.6 is 0 Å². The molecule has 1 aromatic carbocycles. The van der Waals surface area contributed by atoms with Gasteiger partial charge in [-0.25, -0.2) is 0 Å². The maximum Gasteiger partial charge on any atom is 0.234 e. The average molecular weight is 260 g/mol. The van der Waals surface area contributed by atoms with Crippen molar-refractivity contribution in [2.24, 2.45) is 0 Å². The van der Waals surface area contributed by atoms with Gasteiger partial charge in [0.1, 0.15) is 5.75 Å². The van der Waals surface area contributed by atoms with Gasteiger partial charge in [-0.15, -0.1) is 6.58 Å². The van der Waals surface area contributed by atoms with Crippen LogP contribution in [-0.2, 0) is 4.79 Å². The van der Waals surface area contributed by atoms with E-state index in [1.165, 1.54) is 5.56 Å². The first kappa shape index (κ1) is 13.6. The minimum atomic E-state index is 0.0486. The summed E-state index contributed by atoms with van der Waals surface area (Å²) < 4.78 is 5.23. The van der Waals surface area contributed by atoms with E-state index in [0.29, 0.717) is 19.1 Å². The van der Waals surface area contributed by atoms with Gasteiger partial charge in [0, 0.05) is 19.1 Å². The molecule has 0 aromatic heterocycles. The molecule has 0 unspecified atom stereocenters. The summed E-state index contributed by atoms with van der Waals surface area (Å²) in [5.74, 6) is 0.910. The number of rotatable bonds is 6. The molecular weight excluding hydrogens is 240 g/mol. The lowest BCUT2D eigenvalue weighted by Crippen LogP contribution is -2.46. The molecule has 0 bridgehead atoms. The second-order valence-electron chi connectivity index (χ2n) is 4.64. The zero-order valence-corrected chi connectivity index (χ0v) is 11.3. The fourth-order valence-corrected chi connectivity index (χ4v) is 2.28. The molecule has 2 rings (SSSR count). The molecule has 1 N–H and O–H groups in total. The number of amides is 1. The molecule has 1 amide bonds. The Balaban J connectivity index is 1.94. The normalized spacial score (nSPS) is 18.5. The van der Waals surface area contributed by atoms with E-state index in [1.807, 2.05) is 18.2 Å². The van der Waals surface area contributed by atoms with Crippen molar-refractivity contribution in [1.29, 1.82) is 0 Å².